The predicted molar refractivity (Wildman–Crippen MR) is 50.6 cm³/mol. The van der Waals surface area contributed by atoms with Crippen LogP contribution in [0, 0.1) is 11.8 Å². The van der Waals surface area contributed by atoms with Crippen molar-refractivity contribution in [3.63, 3.8) is 0 Å². The Kier molecular flexibility index (Phi) is 2.74. The first kappa shape index (κ1) is 9.93. The van der Waals surface area contributed by atoms with Crippen LogP contribution in [-0.4, -0.2) is 36.4 Å². The molecule has 2 rings (SSSR count). The highest BCUT2D eigenvalue weighted by Crippen LogP contribution is 2.38. The van der Waals surface area contributed by atoms with Crippen molar-refractivity contribution in [1.29, 1.82) is 0 Å². The van der Waals surface area contributed by atoms with Crippen molar-refractivity contribution in [2.24, 2.45) is 11.8 Å². The minimum atomic E-state index is -0.230. The highest BCUT2D eigenvalue weighted by molar-refractivity contribution is 5.76. The van der Waals surface area contributed by atoms with Crippen LogP contribution in [0.5, 0.6) is 0 Å². The summed E-state index contributed by atoms with van der Waals surface area (Å²) in [5, 5.41) is 12.8. The third-order valence-corrected chi connectivity index (χ3v) is 3.38. The molecule has 0 amide bonds. The maximum Gasteiger partial charge on any atom is 0.323 e. The molecule has 0 radical (unpaired) electrons. The lowest BCUT2D eigenvalue weighted by Crippen LogP contribution is -2.37. The van der Waals surface area contributed by atoms with E-state index in [1.807, 2.05) is 6.92 Å². The molecular formula is C10H17NO3. The molecule has 1 heterocycles. The largest absolute Gasteiger partial charge is 0.465 e. The van der Waals surface area contributed by atoms with Crippen LogP contribution in [0.3, 0.4) is 0 Å². The zero-order chi connectivity index (χ0) is 10.1. The first-order valence-corrected chi connectivity index (χ1v) is 5.32. The molecule has 80 valence electrons. The SMILES string of the molecule is CCOC(=O)[C@H]1NC[C@@H]2C(O)CCC21. The number of carbonyl (C=O) groups is 1. The molecule has 0 aromatic rings. The molecule has 2 N–H and O–H groups in total. The van der Waals surface area contributed by atoms with Crippen LogP contribution in [-0.2, 0) is 9.53 Å². The number of ether oxygens (including phenoxy) is 1. The van der Waals surface area contributed by atoms with Crippen LogP contribution >= 0.6 is 0 Å². The molecular weight excluding hydrogens is 182 g/mol. The fourth-order valence-electron chi connectivity index (χ4n) is 2.68. The third-order valence-electron chi connectivity index (χ3n) is 3.38. The molecule has 14 heavy (non-hydrogen) atoms. The van der Waals surface area contributed by atoms with Gasteiger partial charge in [-0.05, 0) is 25.7 Å². The molecule has 1 saturated carbocycles. The molecule has 0 aromatic carbocycles. The topological polar surface area (TPSA) is 58.6 Å². The van der Waals surface area contributed by atoms with E-state index in [9.17, 15) is 9.90 Å². The van der Waals surface area contributed by atoms with E-state index >= 15 is 0 Å². The molecule has 1 aliphatic heterocycles. The number of nitrogens with one attached hydrogen (secondary N) is 1. The summed E-state index contributed by atoms with van der Waals surface area (Å²) in [5.41, 5.74) is 0. The Morgan fingerprint density at radius 2 is 2.29 bits per heavy atom. The Morgan fingerprint density at radius 1 is 1.50 bits per heavy atom. The van der Waals surface area contributed by atoms with Gasteiger partial charge in [-0.1, -0.05) is 0 Å². The number of hydrogen-bond acceptors (Lipinski definition) is 4. The lowest BCUT2D eigenvalue weighted by Gasteiger charge is -2.16. The van der Waals surface area contributed by atoms with Gasteiger partial charge in [0.05, 0.1) is 12.7 Å². The van der Waals surface area contributed by atoms with Crippen molar-refractivity contribution in [2.75, 3.05) is 13.2 Å². The van der Waals surface area contributed by atoms with E-state index in [4.69, 9.17) is 4.74 Å². The highest BCUT2D eigenvalue weighted by atomic mass is 16.5. The molecule has 1 saturated heterocycles. The van der Waals surface area contributed by atoms with E-state index in [-0.39, 0.29) is 30.0 Å². The highest BCUT2D eigenvalue weighted by Gasteiger charge is 2.47. The number of hydrogen-bond donors (Lipinski definition) is 2. The number of carbonyl (C=O) groups excluding carboxylic acids is 1. The van der Waals surface area contributed by atoms with Gasteiger partial charge in [0, 0.05) is 12.5 Å². The summed E-state index contributed by atoms with van der Waals surface area (Å²) in [7, 11) is 0. The minimum absolute atomic E-state index is 0.158. The van der Waals surface area contributed by atoms with Gasteiger partial charge in [0.2, 0.25) is 0 Å². The summed E-state index contributed by atoms with van der Waals surface area (Å²) in [6, 6.07) is -0.183. The zero-order valence-corrected chi connectivity index (χ0v) is 8.40. The third kappa shape index (κ3) is 1.53. The number of aliphatic hydroxyl groups excluding tert-OH is 1. The monoisotopic (exact) mass is 199 g/mol. The van der Waals surface area contributed by atoms with E-state index in [2.05, 4.69) is 5.32 Å². The summed E-state index contributed by atoms with van der Waals surface area (Å²) < 4.78 is 4.99. The lowest BCUT2D eigenvalue weighted by molar-refractivity contribution is -0.146. The summed E-state index contributed by atoms with van der Waals surface area (Å²) in [4.78, 5) is 11.5. The van der Waals surface area contributed by atoms with Gasteiger partial charge in [-0.15, -0.1) is 0 Å². The lowest BCUT2D eigenvalue weighted by atomic mass is 9.93. The molecule has 2 unspecified atom stereocenters. The molecule has 1 aliphatic carbocycles. The van der Waals surface area contributed by atoms with E-state index < -0.39 is 0 Å². The van der Waals surface area contributed by atoms with Crippen LogP contribution in [0.2, 0.25) is 0 Å². The van der Waals surface area contributed by atoms with Gasteiger partial charge in [0.25, 0.3) is 0 Å². The van der Waals surface area contributed by atoms with Gasteiger partial charge in [-0.3, -0.25) is 4.79 Å². The van der Waals surface area contributed by atoms with Crippen molar-refractivity contribution in [2.45, 2.75) is 31.9 Å². The average molecular weight is 199 g/mol. The molecule has 0 aromatic heterocycles. The number of esters is 1. The fraction of sp³-hybridized carbons (Fsp3) is 0.900. The van der Waals surface area contributed by atoms with Gasteiger partial charge < -0.3 is 15.2 Å². The second-order valence-corrected chi connectivity index (χ2v) is 4.11. The quantitative estimate of drug-likeness (QED) is 0.610. The van der Waals surface area contributed by atoms with Crippen LogP contribution in [0.15, 0.2) is 0 Å². The second kappa shape index (κ2) is 3.87. The van der Waals surface area contributed by atoms with Gasteiger partial charge in [-0.25, -0.2) is 0 Å². The second-order valence-electron chi connectivity index (χ2n) is 4.11. The smallest absolute Gasteiger partial charge is 0.323 e. The Morgan fingerprint density at radius 3 is 3.00 bits per heavy atom. The van der Waals surface area contributed by atoms with Gasteiger partial charge in [0.1, 0.15) is 6.04 Å². The van der Waals surface area contributed by atoms with Crippen molar-refractivity contribution < 1.29 is 14.6 Å². The molecule has 4 atom stereocenters. The van der Waals surface area contributed by atoms with Crippen LogP contribution in [0.1, 0.15) is 19.8 Å². The summed E-state index contributed by atoms with van der Waals surface area (Å²) in [6.45, 7) is 2.99. The average Bonchev–Trinajstić information content (AvgIpc) is 2.69. The summed E-state index contributed by atoms with van der Waals surface area (Å²) in [5.74, 6) is 0.377. The van der Waals surface area contributed by atoms with Gasteiger partial charge >= 0.3 is 5.97 Å². The van der Waals surface area contributed by atoms with Crippen LogP contribution in [0.4, 0.5) is 0 Å². The Balaban J connectivity index is 1.99. The maximum absolute atomic E-state index is 11.5. The number of fused-ring (bicyclic) bond motifs is 1. The zero-order valence-electron chi connectivity index (χ0n) is 8.40. The van der Waals surface area contributed by atoms with Crippen LogP contribution in [0.25, 0.3) is 0 Å². The number of aliphatic hydroxyl groups is 1. The van der Waals surface area contributed by atoms with Crippen molar-refractivity contribution in [3.8, 4) is 0 Å². The van der Waals surface area contributed by atoms with Crippen molar-refractivity contribution in [1.82, 2.24) is 5.32 Å². The van der Waals surface area contributed by atoms with E-state index in [0.29, 0.717) is 6.61 Å². The first-order chi connectivity index (χ1) is 6.74. The predicted octanol–water partition coefficient (Wildman–Crippen LogP) is -0.0916. The molecule has 2 fully saturated rings. The molecule has 4 heteroatoms. The summed E-state index contributed by atoms with van der Waals surface area (Å²) in [6.07, 6.45) is 1.53. The van der Waals surface area contributed by atoms with Gasteiger partial charge in [0.15, 0.2) is 0 Å². The summed E-state index contributed by atoms with van der Waals surface area (Å²) >= 11 is 0. The normalized spacial score (nSPS) is 41.0. The Labute approximate surface area is 83.6 Å². The molecule has 2 aliphatic rings. The standard InChI is InChI=1S/C10H17NO3/c1-2-14-10(13)9-6-3-4-8(12)7(6)5-11-9/h6-9,11-12H,2-5H2,1H3/t6?,7-,8?,9-/m0/s1. The molecule has 0 bridgehead atoms. The molecule has 4 nitrogen and oxygen atoms in total. The fourth-order valence-corrected chi connectivity index (χ4v) is 2.68. The van der Waals surface area contributed by atoms with Crippen molar-refractivity contribution >= 4 is 5.97 Å². The number of rotatable bonds is 2. The maximum atomic E-state index is 11.5. The van der Waals surface area contributed by atoms with E-state index in [1.54, 1.807) is 0 Å². The molecule has 0 spiro atoms. The Hall–Kier alpha value is -0.610. The first-order valence-electron chi connectivity index (χ1n) is 5.32. The van der Waals surface area contributed by atoms with E-state index in [0.717, 1.165) is 19.4 Å². The van der Waals surface area contributed by atoms with E-state index in [1.165, 1.54) is 0 Å². The van der Waals surface area contributed by atoms with Crippen LogP contribution < -0.4 is 5.32 Å². The minimum Gasteiger partial charge on any atom is -0.465 e. The van der Waals surface area contributed by atoms with Crippen molar-refractivity contribution in [3.05, 3.63) is 0 Å². The van der Waals surface area contributed by atoms with Gasteiger partial charge in [-0.2, -0.15) is 0 Å². The Bertz CT molecular complexity index is 231.